The van der Waals surface area contributed by atoms with E-state index in [1.807, 2.05) is 16.9 Å². The van der Waals surface area contributed by atoms with E-state index in [0.717, 1.165) is 50.1 Å². The highest BCUT2D eigenvalue weighted by atomic mass is 16.1. The fourth-order valence-electron chi connectivity index (χ4n) is 4.72. The predicted octanol–water partition coefficient (Wildman–Crippen LogP) is 3.27. The third-order valence-electron chi connectivity index (χ3n) is 6.49. The summed E-state index contributed by atoms with van der Waals surface area (Å²) in [5.41, 5.74) is 2.33. The van der Waals surface area contributed by atoms with E-state index in [4.69, 9.17) is 5.10 Å². The smallest absolute Gasteiger partial charge is 0.220 e. The molecule has 0 bridgehead atoms. The average Bonchev–Trinajstić information content (AvgIpc) is 3.22. The minimum atomic E-state index is 0.255. The number of hydrogen-bond acceptors (Lipinski definition) is 4. The van der Waals surface area contributed by atoms with Gasteiger partial charge in [0, 0.05) is 43.9 Å². The van der Waals surface area contributed by atoms with E-state index in [-0.39, 0.29) is 5.91 Å². The number of piperidine rings is 1. The van der Waals surface area contributed by atoms with E-state index in [1.54, 1.807) is 0 Å². The van der Waals surface area contributed by atoms with Crippen LogP contribution in [0, 0.1) is 5.92 Å². The largest absolute Gasteiger partial charge is 0.355 e. The quantitative estimate of drug-likeness (QED) is 0.881. The molecule has 0 radical (unpaired) electrons. The first-order valence-electron chi connectivity index (χ1n) is 10.6. The molecular formula is C21H29N5O. The van der Waals surface area contributed by atoms with E-state index >= 15 is 0 Å². The van der Waals surface area contributed by atoms with Crippen molar-refractivity contribution in [1.29, 1.82) is 0 Å². The van der Waals surface area contributed by atoms with Crippen LogP contribution in [-0.2, 0) is 4.79 Å². The topological polar surface area (TPSA) is 62.5 Å². The maximum Gasteiger partial charge on any atom is 0.220 e. The molecule has 1 saturated heterocycles. The zero-order valence-corrected chi connectivity index (χ0v) is 15.9. The molecular weight excluding hydrogens is 338 g/mol. The van der Waals surface area contributed by atoms with E-state index in [9.17, 15) is 4.79 Å². The Bertz CT molecular complexity index is 813. The fraction of sp³-hybridized carbons (Fsp3) is 0.667. The fourth-order valence-corrected chi connectivity index (χ4v) is 4.72. The molecule has 0 aromatic carbocycles. The maximum absolute atomic E-state index is 12.3. The lowest BCUT2D eigenvalue weighted by Crippen LogP contribution is -2.38. The molecule has 144 valence electrons. The van der Waals surface area contributed by atoms with Crippen molar-refractivity contribution in [2.24, 2.45) is 5.92 Å². The van der Waals surface area contributed by atoms with E-state index < -0.39 is 0 Å². The number of aromatic nitrogens is 3. The summed E-state index contributed by atoms with van der Waals surface area (Å²) in [6.45, 7) is 1.94. The third kappa shape index (κ3) is 3.66. The summed E-state index contributed by atoms with van der Waals surface area (Å²) in [5.74, 6) is 2.45. The van der Waals surface area contributed by atoms with Gasteiger partial charge in [-0.15, -0.1) is 0 Å². The second kappa shape index (κ2) is 7.13. The highest BCUT2D eigenvalue weighted by Gasteiger charge is 2.28. The summed E-state index contributed by atoms with van der Waals surface area (Å²) in [4.78, 5) is 19.4. The van der Waals surface area contributed by atoms with E-state index in [2.05, 4.69) is 21.3 Å². The Morgan fingerprint density at radius 1 is 1.11 bits per heavy atom. The molecule has 2 saturated carbocycles. The molecule has 1 amide bonds. The second-order valence-electron chi connectivity index (χ2n) is 8.61. The van der Waals surface area contributed by atoms with Gasteiger partial charge in [0.2, 0.25) is 5.91 Å². The Morgan fingerprint density at radius 3 is 2.63 bits per heavy atom. The van der Waals surface area contributed by atoms with Crippen molar-refractivity contribution < 1.29 is 4.79 Å². The second-order valence-corrected chi connectivity index (χ2v) is 8.61. The van der Waals surface area contributed by atoms with Gasteiger partial charge in [0.25, 0.3) is 0 Å². The predicted molar refractivity (Wildman–Crippen MR) is 105 cm³/mol. The highest BCUT2D eigenvalue weighted by Crippen LogP contribution is 2.40. The molecule has 0 spiro atoms. The van der Waals surface area contributed by atoms with Gasteiger partial charge in [0.1, 0.15) is 5.52 Å². The van der Waals surface area contributed by atoms with Crippen LogP contribution in [0.15, 0.2) is 18.5 Å². The normalized spacial score (nSPS) is 21.9. The summed E-state index contributed by atoms with van der Waals surface area (Å²) >= 11 is 0. The first kappa shape index (κ1) is 17.0. The minimum Gasteiger partial charge on any atom is -0.355 e. The molecule has 2 aliphatic carbocycles. The number of hydrogen-bond donors (Lipinski definition) is 1. The van der Waals surface area contributed by atoms with Crippen LogP contribution < -0.4 is 10.2 Å². The van der Waals surface area contributed by atoms with E-state index in [0.29, 0.717) is 24.3 Å². The van der Waals surface area contributed by atoms with Crippen molar-refractivity contribution >= 4 is 17.2 Å². The highest BCUT2D eigenvalue weighted by molar-refractivity contribution is 5.76. The molecule has 1 aliphatic heterocycles. The van der Waals surface area contributed by atoms with Crippen molar-refractivity contribution in [2.45, 2.75) is 69.7 Å². The summed E-state index contributed by atoms with van der Waals surface area (Å²) < 4.78 is 1.98. The zero-order valence-electron chi connectivity index (χ0n) is 15.9. The van der Waals surface area contributed by atoms with E-state index in [1.165, 1.54) is 31.4 Å². The molecule has 27 heavy (non-hydrogen) atoms. The van der Waals surface area contributed by atoms with Crippen LogP contribution in [0.4, 0.5) is 5.82 Å². The Balaban J connectivity index is 1.20. The van der Waals surface area contributed by atoms with Gasteiger partial charge in [0.15, 0.2) is 5.82 Å². The SMILES string of the molecule is O=C(CC1CCN(c2nccn3nc(C4CC4)cc23)CC1)NC1CCCC1. The van der Waals surface area contributed by atoms with Crippen molar-refractivity contribution in [3.63, 3.8) is 0 Å². The molecule has 2 aromatic heterocycles. The van der Waals surface area contributed by atoms with Gasteiger partial charge in [0.05, 0.1) is 5.69 Å². The number of amides is 1. The van der Waals surface area contributed by atoms with Gasteiger partial charge in [-0.1, -0.05) is 12.8 Å². The molecule has 0 unspecified atom stereocenters. The summed E-state index contributed by atoms with van der Waals surface area (Å²) in [6, 6.07) is 2.66. The average molecular weight is 367 g/mol. The van der Waals surface area contributed by atoms with Crippen LogP contribution in [0.25, 0.3) is 5.52 Å². The Morgan fingerprint density at radius 2 is 1.89 bits per heavy atom. The number of carbonyl (C=O) groups excluding carboxylic acids is 1. The lowest BCUT2D eigenvalue weighted by atomic mass is 9.93. The van der Waals surface area contributed by atoms with Crippen LogP contribution in [0.1, 0.15) is 69.4 Å². The summed E-state index contributed by atoms with van der Waals surface area (Å²) in [5, 5.41) is 7.97. The number of fused-ring (bicyclic) bond motifs is 1. The molecule has 3 heterocycles. The van der Waals surface area contributed by atoms with Crippen LogP contribution in [-0.4, -0.2) is 39.6 Å². The third-order valence-corrected chi connectivity index (χ3v) is 6.49. The first-order chi connectivity index (χ1) is 13.3. The van der Waals surface area contributed by atoms with Crippen LogP contribution in [0.3, 0.4) is 0 Å². The Kier molecular flexibility index (Phi) is 4.50. The molecule has 6 nitrogen and oxygen atoms in total. The number of anilines is 1. The van der Waals surface area contributed by atoms with Crippen LogP contribution in [0.2, 0.25) is 0 Å². The van der Waals surface area contributed by atoms with Gasteiger partial charge in [-0.2, -0.15) is 5.10 Å². The summed E-state index contributed by atoms with van der Waals surface area (Å²) in [7, 11) is 0. The molecule has 3 aliphatic rings. The van der Waals surface area contributed by atoms with Gasteiger partial charge >= 0.3 is 0 Å². The lowest BCUT2D eigenvalue weighted by Gasteiger charge is -2.33. The lowest BCUT2D eigenvalue weighted by molar-refractivity contribution is -0.122. The van der Waals surface area contributed by atoms with Crippen molar-refractivity contribution in [3.05, 3.63) is 24.2 Å². The van der Waals surface area contributed by atoms with Gasteiger partial charge in [-0.05, 0) is 50.5 Å². The number of nitrogens with one attached hydrogen (secondary N) is 1. The van der Waals surface area contributed by atoms with Crippen LogP contribution >= 0.6 is 0 Å². The molecule has 3 fully saturated rings. The standard InChI is InChI=1S/C21H29N5O/c27-20(23-17-3-1-2-4-17)13-15-7-10-25(11-8-15)21-19-14-18(16-5-6-16)24-26(19)12-9-22-21/h9,12,14-17H,1-8,10-11,13H2,(H,23,27). The molecule has 6 heteroatoms. The van der Waals surface area contributed by atoms with Crippen molar-refractivity contribution in [3.8, 4) is 0 Å². The zero-order chi connectivity index (χ0) is 18.2. The molecule has 1 N–H and O–H groups in total. The monoisotopic (exact) mass is 367 g/mol. The number of carbonyl (C=O) groups is 1. The summed E-state index contributed by atoms with van der Waals surface area (Å²) in [6.07, 6.45) is 14.0. The molecule has 5 rings (SSSR count). The first-order valence-corrected chi connectivity index (χ1v) is 10.6. The minimum absolute atomic E-state index is 0.255. The van der Waals surface area contributed by atoms with Crippen LogP contribution in [0.5, 0.6) is 0 Å². The van der Waals surface area contributed by atoms with Gasteiger partial charge in [-0.25, -0.2) is 9.50 Å². The van der Waals surface area contributed by atoms with Gasteiger partial charge < -0.3 is 10.2 Å². The Labute approximate surface area is 160 Å². The Hall–Kier alpha value is -2.11. The maximum atomic E-state index is 12.3. The van der Waals surface area contributed by atoms with Crippen molar-refractivity contribution in [1.82, 2.24) is 19.9 Å². The molecule has 2 aromatic rings. The van der Waals surface area contributed by atoms with Crippen molar-refractivity contribution in [2.75, 3.05) is 18.0 Å². The number of rotatable bonds is 5. The van der Waals surface area contributed by atoms with Gasteiger partial charge in [-0.3, -0.25) is 4.79 Å². The number of nitrogens with zero attached hydrogens (tertiary/aromatic N) is 4. The molecule has 0 atom stereocenters.